The number of nitrogens with zero attached hydrogens (tertiary/aromatic N) is 3. The van der Waals surface area contributed by atoms with Crippen molar-refractivity contribution in [3.8, 4) is 5.75 Å². The summed E-state index contributed by atoms with van der Waals surface area (Å²) < 4.78 is 5.49. The van der Waals surface area contributed by atoms with Gasteiger partial charge in [-0.1, -0.05) is 47.6 Å². The average Bonchev–Trinajstić information content (AvgIpc) is 3.34. The van der Waals surface area contributed by atoms with E-state index in [9.17, 15) is 4.79 Å². The summed E-state index contributed by atoms with van der Waals surface area (Å²) in [6.07, 6.45) is 0.427. The summed E-state index contributed by atoms with van der Waals surface area (Å²) in [4.78, 5) is 22.8. The second-order valence-corrected chi connectivity index (χ2v) is 8.66. The molecule has 0 saturated heterocycles. The van der Waals surface area contributed by atoms with Crippen LogP contribution in [-0.2, 0) is 11.4 Å². The van der Waals surface area contributed by atoms with Crippen LogP contribution in [0.1, 0.15) is 24.5 Å². The fourth-order valence-electron chi connectivity index (χ4n) is 3.92. The van der Waals surface area contributed by atoms with Crippen LogP contribution in [0, 0.1) is 0 Å². The van der Waals surface area contributed by atoms with E-state index in [1.807, 2.05) is 75.6 Å². The minimum absolute atomic E-state index is 0.189. The van der Waals surface area contributed by atoms with Crippen molar-refractivity contribution in [1.82, 2.24) is 4.90 Å². The van der Waals surface area contributed by atoms with Crippen molar-refractivity contribution in [1.29, 1.82) is 0 Å². The maximum absolute atomic E-state index is 13.3. The Balaban J connectivity index is 1.42. The number of urea groups is 1. The number of carbonyl (C=O) groups excluding carboxylic acids is 1. The number of oxime groups is 1. The van der Waals surface area contributed by atoms with Crippen LogP contribution >= 0.6 is 0 Å². The second kappa shape index (κ2) is 11.4. The first kappa shape index (κ1) is 24.1. The lowest BCUT2D eigenvalue weighted by Gasteiger charge is -2.25. The lowest BCUT2D eigenvalue weighted by molar-refractivity contribution is 0.0608. The normalized spacial score (nSPS) is 14.6. The Kier molecular flexibility index (Phi) is 7.88. The van der Waals surface area contributed by atoms with Gasteiger partial charge in [-0.15, -0.1) is 0 Å². The van der Waals surface area contributed by atoms with E-state index in [2.05, 4.69) is 39.6 Å². The van der Waals surface area contributed by atoms with E-state index in [1.54, 1.807) is 4.90 Å². The SMILES string of the molecule is CCOc1ccc(NC(=O)N(Cc2ccccc2)CC2CC(c3ccc(N(C)C)cc3)=NO2)cc1. The molecule has 1 aliphatic rings. The van der Waals surface area contributed by atoms with E-state index < -0.39 is 0 Å². The zero-order valence-electron chi connectivity index (χ0n) is 20.5. The topological polar surface area (TPSA) is 66.4 Å². The van der Waals surface area contributed by atoms with Gasteiger partial charge in [0.1, 0.15) is 5.75 Å². The van der Waals surface area contributed by atoms with Crippen molar-refractivity contribution < 1.29 is 14.4 Å². The highest BCUT2D eigenvalue weighted by Crippen LogP contribution is 2.22. The summed E-state index contributed by atoms with van der Waals surface area (Å²) in [5.41, 5.74) is 4.82. The Labute approximate surface area is 206 Å². The number of anilines is 2. The molecule has 2 amide bonds. The molecule has 1 unspecified atom stereocenters. The molecule has 1 N–H and O–H groups in total. The molecule has 35 heavy (non-hydrogen) atoms. The van der Waals surface area contributed by atoms with Crippen molar-refractivity contribution in [3.63, 3.8) is 0 Å². The van der Waals surface area contributed by atoms with E-state index >= 15 is 0 Å². The summed E-state index contributed by atoms with van der Waals surface area (Å²) in [6.45, 7) is 3.43. The summed E-state index contributed by atoms with van der Waals surface area (Å²) in [5.74, 6) is 0.772. The molecule has 0 saturated carbocycles. The highest BCUT2D eigenvalue weighted by molar-refractivity contribution is 6.01. The third kappa shape index (κ3) is 6.53. The first-order valence-electron chi connectivity index (χ1n) is 11.8. The molecule has 1 heterocycles. The van der Waals surface area contributed by atoms with Crippen LogP contribution < -0.4 is 15.0 Å². The molecule has 4 rings (SSSR count). The van der Waals surface area contributed by atoms with Crippen LogP contribution in [-0.4, -0.2) is 50.0 Å². The molecule has 0 bridgehead atoms. The van der Waals surface area contributed by atoms with Crippen molar-refractivity contribution in [2.24, 2.45) is 5.16 Å². The van der Waals surface area contributed by atoms with E-state index in [0.29, 0.717) is 31.8 Å². The first-order chi connectivity index (χ1) is 17.0. The average molecular weight is 473 g/mol. The molecule has 0 radical (unpaired) electrons. The van der Waals surface area contributed by atoms with Crippen LogP contribution in [0.3, 0.4) is 0 Å². The van der Waals surface area contributed by atoms with E-state index in [4.69, 9.17) is 9.57 Å². The number of hydrogen-bond acceptors (Lipinski definition) is 5. The van der Waals surface area contributed by atoms with Gasteiger partial charge in [0.2, 0.25) is 0 Å². The molecule has 0 aromatic heterocycles. The van der Waals surface area contributed by atoms with Crippen molar-refractivity contribution in [2.75, 3.05) is 37.5 Å². The Morgan fingerprint density at radius 3 is 2.40 bits per heavy atom. The van der Waals surface area contributed by atoms with Gasteiger partial charge in [0, 0.05) is 38.4 Å². The molecule has 0 aliphatic carbocycles. The number of amides is 2. The third-order valence-electron chi connectivity index (χ3n) is 5.79. The molecule has 7 heteroatoms. The van der Waals surface area contributed by atoms with E-state index in [1.165, 1.54) is 0 Å². The van der Waals surface area contributed by atoms with Crippen LogP contribution in [0.2, 0.25) is 0 Å². The quantitative estimate of drug-likeness (QED) is 0.454. The lowest BCUT2D eigenvalue weighted by Crippen LogP contribution is -2.40. The third-order valence-corrected chi connectivity index (χ3v) is 5.79. The minimum Gasteiger partial charge on any atom is -0.494 e. The zero-order valence-corrected chi connectivity index (χ0v) is 20.5. The minimum atomic E-state index is -0.215. The van der Waals surface area contributed by atoms with Gasteiger partial charge in [0.15, 0.2) is 6.10 Å². The van der Waals surface area contributed by atoms with Gasteiger partial charge in [-0.05, 0) is 54.4 Å². The van der Waals surface area contributed by atoms with Gasteiger partial charge < -0.3 is 24.7 Å². The summed E-state index contributed by atoms with van der Waals surface area (Å²) in [7, 11) is 4.03. The number of rotatable bonds is 9. The largest absolute Gasteiger partial charge is 0.494 e. The summed E-state index contributed by atoms with van der Waals surface area (Å²) in [5, 5.41) is 7.32. The Hall–Kier alpha value is -4.00. The fourth-order valence-corrected chi connectivity index (χ4v) is 3.92. The molecule has 0 spiro atoms. The summed E-state index contributed by atoms with van der Waals surface area (Å²) in [6, 6.07) is 25.4. The summed E-state index contributed by atoms with van der Waals surface area (Å²) >= 11 is 0. The molecule has 1 aliphatic heterocycles. The Bertz CT molecular complexity index is 1130. The maximum Gasteiger partial charge on any atom is 0.322 e. The first-order valence-corrected chi connectivity index (χ1v) is 11.8. The van der Waals surface area contributed by atoms with Crippen LogP contribution in [0.5, 0.6) is 5.75 Å². The lowest BCUT2D eigenvalue weighted by atomic mass is 10.0. The number of nitrogens with one attached hydrogen (secondary N) is 1. The van der Waals surface area contributed by atoms with Gasteiger partial charge >= 0.3 is 6.03 Å². The molecule has 3 aromatic carbocycles. The van der Waals surface area contributed by atoms with Crippen LogP contribution in [0.15, 0.2) is 84.0 Å². The monoisotopic (exact) mass is 472 g/mol. The van der Waals surface area contributed by atoms with Gasteiger partial charge in [-0.3, -0.25) is 0 Å². The predicted molar refractivity (Wildman–Crippen MR) is 140 cm³/mol. The van der Waals surface area contributed by atoms with E-state index in [-0.39, 0.29) is 12.1 Å². The fraction of sp³-hybridized carbons (Fsp3) is 0.286. The Morgan fingerprint density at radius 1 is 1.03 bits per heavy atom. The standard InChI is InChI=1S/C28H32N4O3/c1-4-34-25-16-12-23(13-17-25)29-28(33)32(19-21-8-6-5-7-9-21)20-26-18-27(30-35-26)22-10-14-24(15-11-22)31(2)3/h5-17,26H,4,18-20H2,1-3H3,(H,29,33). The highest BCUT2D eigenvalue weighted by Gasteiger charge is 2.27. The second-order valence-electron chi connectivity index (χ2n) is 8.66. The highest BCUT2D eigenvalue weighted by atomic mass is 16.6. The molecular weight excluding hydrogens is 440 g/mol. The zero-order chi connectivity index (χ0) is 24.6. The number of ether oxygens (including phenoxy) is 1. The molecule has 3 aromatic rings. The number of benzene rings is 3. The van der Waals surface area contributed by atoms with Gasteiger partial charge in [-0.25, -0.2) is 4.79 Å². The molecule has 0 fully saturated rings. The number of carbonyl (C=O) groups is 1. The van der Waals surface area contributed by atoms with Crippen LogP contribution in [0.4, 0.5) is 16.2 Å². The number of hydrogen-bond donors (Lipinski definition) is 1. The Morgan fingerprint density at radius 2 is 1.74 bits per heavy atom. The molecular formula is C28H32N4O3. The van der Waals surface area contributed by atoms with Gasteiger partial charge in [-0.2, -0.15) is 0 Å². The predicted octanol–water partition coefficient (Wildman–Crippen LogP) is 5.38. The smallest absolute Gasteiger partial charge is 0.322 e. The van der Waals surface area contributed by atoms with E-state index in [0.717, 1.165) is 28.3 Å². The van der Waals surface area contributed by atoms with Crippen molar-refractivity contribution >= 4 is 23.1 Å². The molecule has 1 atom stereocenters. The van der Waals surface area contributed by atoms with Crippen LogP contribution in [0.25, 0.3) is 0 Å². The van der Waals surface area contributed by atoms with Gasteiger partial charge in [0.25, 0.3) is 0 Å². The molecule has 182 valence electrons. The van der Waals surface area contributed by atoms with Crippen molar-refractivity contribution in [2.45, 2.75) is 26.0 Å². The maximum atomic E-state index is 13.3. The van der Waals surface area contributed by atoms with Crippen molar-refractivity contribution in [3.05, 3.63) is 90.0 Å². The molecule has 7 nitrogen and oxygen atoms in total. The van der Waals surface area contributed by atoms with Gasteiger partial charge in [0.05, 0.1) is 18.9 Å².